The van der Waals surface area contributed by atoms with Gasteiger partial charge in [-0.15, -0.1) is 0 Å². The zero-order chi connectivity index (χ0) is 14.1. The van der Waals surface area contributed by atoms with Gasteiger partial charge in [-0.2, -0.15) is 0 Å². The number of rotatable bonds is 2. The summed E-state index contributed by atoms with van der Waals surface area (Å²) in [5, 5.41) is 10.2. The van der Waals surface area contributed by atoms with Gasteiger partial charge in [0.25, 0.3) is 0 Å². The van der Waals surface area contributed by atoms with Crippen LogP contribution in [-0.2, 0) is 18.9 Å². The molecule has 0 aromatic heterocycles. The van der Waals surface area contributed by atoms with Gasteiger partial charge < -0.3 is 24.1 Å². The molecule has 110 valence electrons. The number of halogens is 1. The van der Waals surface area contributed by atoms with E-state index in [4.69, 9.17) is 18.9 Å². The Morgan fingerprint density at radius 2 is 2.00 bits per heavy atom. The Morgan fingerprint density at radius 3 is 2.70 bits per heavy atom. The number of hydrogen-bond donors (Lipinski definition) is 1. The van der Waals surface area contributed by atoms with Crippen LogP contribution >= 0.6 is 22.6 Å². The Labute approximate surface area is 131 Å². The number of fused-ring (bicyclic) bond motifs is 1. The molecule has 0 bridgehead atoms. The summed E-state index contributed by atoms with van der Waals surface area (Å²) in [6.07, 6.45) is -2.18. The predicted molar refractivity (Wildman–Crippen MR) is 79.5 cm³/mol. The van der Waals surface area contributed by atoms with Crippen LogP contribution < -0.4 is 0 Å². The summed E-state index contributed by atoms with van der Waals surface area (Å²) >= 11 is 2.19. The molecule has 2 aliphatic heterocycles. The van der Waals surface area contributed by atoms with Gasteiger partial charge in [-0.05, 0) is 0 Å². The lowest BCUT2D eigenvalue weighted by atomic mass is 10.0. The largest absolute Gasteiger partial charge is 0.387 e. The van der Waals surface area contributed by atoms with Crippen LogP contribution in [0.4, 0.5) is 0 Å². The summed E-state index contributed by atoms with van der Waals surface area (Å²) in [5.41, 5.74) is 0.970. The van der Waals surface area contributed by atoms with E-state index in [2.05, 4.69) is 22.6 Å². The van der Waals surface area contributed by atoms with E-state index < -0.39 is 18.7 Å². The van der Waals surface area contributed by atoms with E-state index in [1.54, 1.807) is 0 Å². The molecule has 6 atom stereocenters. The SMILES string of the molecule is CO[C@@H]1O[C@@H]2CO[C@H](c3ccccc3)O[C@H]2[C@@H](I)[C@H]1O. The van der Waals surface area contributed by atoms with Gasteiger partial charge in [0.05, 0.1) is 10.5 Å². The summed E-state index contributed by atoms with van der Waals surface area (Å²) in [6.45, 7) is 0.427. The molecule has 2 heterocycles. The van der Waals surface area contributed by atoms with Gasteiger partial charge in [0.2, 0.25) is 0 Å². The number of ether oxygens (including phenoxy) is 4. The van der Waals surface area contributed by atoms with Crippen LogP contribution in [0.2, 0.25) is 0 Å². The van der Waals surface area contributed by atoms with Crippen molar-refractivity contribution in [2.45, 2.75) is 34.8 Å². The van der Waals surface area contributed by atoms with E-state index in [1.807, 2.05) is 30.3 Å². The van der Waals surface area contributed by atoms with Crippen LogP contribution in [0.1, 0.15) is 11.9 Å². The molecule has 0 unspecified atom stereocenters. The third-order valence-electron chi connectivity index (χ3n) is 3.59. The van der Waals surface area contributed by atoms with E-state index in [1.165, 1.54) is 7.11 Å². The number of alkyl halides is 1. The summed E-state index contributed by atoms with van der Waals surface area (Å²) in [6, 6.07) is 9.77. The molecule has 0 amide bonds. The standard InChI is InChI=1S/C14H17IO5/c1-17-14-11(16)10(15)12-9(19-14)7-18-13(20-12)8-5-3-2-4-6-8/h2-6,9-14,16H,7H2,1H3/t9-,10+,11-,12-,13+,14-/m1/s1. The van der Waals surface area contributed by atoms with E-state index in [0.29, 0.717) is 6.61 Å². The van der Waals surface area contributed by atoms with Crippen molar-refractivity contribution in [2.75, 3.05) is 13.7 Å². The van der Waals surface area contributed by atoms with E-state index in [9.17, 15) is 5.11 Å². The van der Waals surface area contributed by atoms with Crippen molar-refractivity contribution in [2.24, 2.45) is 0 Å². The van der Waals surface area contributed by atoms with Crippen LogP contribution in [0.3, 0.4) is 0 Å². The van der Waals surface area contributed by atoms with Crippen molar-refractivity contribution in [3.63, 3.8) is 0 Å². The highest BCUT2D eigenvalue weighted by Crippen LogP contribution is 2.36. The number of methoxy groups -OCH3 is 1. The van der Waals surface area contributed by atoms with Crippen molar-refractivity contribution in [3.8, 4) is 0 Å². The minimum atomic E-state index is -0.712. The highest BCUT2D eigenvalue weighted by atomic mass is 127. The van der Waals surface area contributed by atoms with Gasteiger partial charge in [-0.25, -0.2) is 0 Å². The second-order valence-electron chi connectivity index (χ2n) is 4.89. The summed E-state index contributed by atoms with van der Waals surface area (Å²) < 4.78 is 22.4. The highest BCUT2D eigenvalue weighted by molar-refractivity contribution is 14.1. The Bertz CT molecular complexity index is 440. The van der Waals surface area contributed by atoms with Gasteiger partial charge in [0.1, 0.15) is 18.3 Å². The molecule has 2 fully saturated rings. The average Bonchev–Trinajstić information content (AvgIpc) is 2.51. The lowest BCUT2D eigenvalue weighted by molar-refractivity contribution is -0.328. The molecule has 1 aromatic carbocycles. The lowest BCUT2D eigenvalue weighted by Gasteiger charge is -2.46. The number of hydrogen-bond acceptors (Lipinski definition) is 5. The van der Waals surface area contributed by atoms with Crippen LogP contribution in [0.5, 0.6) is 0 Å². The molecular weight excluding hydrogens is 375 g/mol. The van der Waals surface area contributed by atoms with Crippen molar-refractivity contribution < 1.29 is 24.1 Å². The molecule has 2 saturated heterocycles. The molecule has 3 rings (SSSR count). The van der Waals surface area contributed by atoms with Crippen LogP contribution in [0, 0.1) is 0 Å². The maximum absolute atomic E-state index is 10.2. The fourth-order valence-electron chi connectivity index (χ4n) is 2.52. The lowest BCUT2D eigenvalue weighted by Crippen LogP contribution is -2.59. The summed E-state index contributed by atoms with van der Waals surface area (Å²) in [5.74, 6) is 0. The fraction of sp³-hybridized carbons (Fsp3) is 0.571. The Balaban J connectivity index is 1.74. The number of benzene rings is 1. The van der Waals surface area contributed by atoms with Crippen molar-refractivity contribution >= 4 is 22.6 Å². The van der Waals surface area contributed by atoms with Gasteiger partial charge in [0, 0.05) is 12.7 Å². The van der Waals surface area contributed by atoms with Gasteiger partial charge in [-0.3, -0.25) is 0 Å². The topological polar surface area (TPSA) is 57.2 Å². The minimum Gasteiger partial charge on any atom is -0.387 e. The predicted octanol–water partition coefficient (Wildman–Crippen LogP) is 1.64. The molecule has 1 N–H and O–H groups in total. The summed E-state index contributed by atoms with van der Waals surface area (Å²) in [7, 11) is 1.52. The molecule has 0 spiro atoms. The quantitative estimate of drug-likeness (QED) is 0.613. The average molecular weight is 392 g/mol. The van der Waals surface area contributed by atoms with E-state index in [-0.39, 0.29) is 16.1 Å². The first-order valence-corrected chi connectivity index (χ1v) is 7.77. The summed E-state index contributed by atoms with van der Waals surface area (Å²) in [4.78, 5) is 0. The third-order valence-corrected chi connectivity index (χ3v) is 5.04. The first kappa shape index (κ1) is 14.7. The van der Waals surface area contributed by atoms with Crippen LogP contribution in [-0.4, -0.2) is 47.3 Å². The highest BCUT2D eigenvalue weighted by Gasteiger charge is 2.48. The molecule has 2 aliphatic rings. The first-order valence-electron chi connectivity index (χ1n) is 6.53. The Morgan fingerprint density at radius 1 is 1.25 bits per heavy atom. The fourth-order valence-corrected chi connectivity index (χ4v) is 3.49. The third kappa shape index (κ3) is 2.72. The van der Waals surface area contributed by atoms with Gasteiger partial charge in [-0.1, -0.05) is 52.9 Å². The maximum Gasteiger partial charge on any atom is 0.184 e. The maximum atomic E-state index is 10.2. The minimum absolute atomic E-state index is 0.105. The molecule has 0 aliphatic carbocycles. The first-order chi connectivity index (χ1) is 9.70. The molecule has 1 aromatic rings. The molecular formula is C14H17IO5. The smallest absolute Gasteiger partial charge is 0.184 e. The van der Waals surface area contributed by atoms with Gasteiger partial charge >= 0.3 is 0 Å². The van der Waals surface area contributed by atoms with Crippen molar-refractivity contribution in [3.05, 3.63) is 35.9 Å². The van der Waals surface area contributed by atoms with Crippen molar-refractivity contribution in [1.82, 2.24) is 0 Å². The molecule has 20 heavy (non-hydrogen) atoms. The second-order valence-corrected chi connectivity index (χ2v) is 6.33. The Kier molecular flexibility index (Phi) is 4.58. The monoisotopic (exact) mass is 392 g/mol. The van der Waals surface area contributed by atoms with Gasteiger partial charge in [0.15, 0.2) is 12.6 Å². The molecule has 0 saturated carbocycles. The van der Waals surface area contributed by atoms with E-state index >= 15 is 0 Å². The zero-order valence-corrected chi connectivity index (χ0v) is 13.2. The van der Waals surface area contributed by atoms with Crippen LogP contribution in [0.25, 0.3) is 0 Å². The molecule has 0 radical (unpaired) electrons. The Hall–Kier alpha value is -0.250. The number of aliphatic hydroxyl groups is 1. The zero-order valence-electron chi connectivity index (χ0n) is 11.0. The molecule has 5 nitrogen and oxygen atoms in total. The normalized spacial score (nSPS) is 41.1. The van der Waals surface area contributed by atoms with Crippen LogP contribution in [0.15, 0.2) is 30.3 Å². The molecule has 6 heteroatoms. The second kappa shape index (κ2) is 6.25. The number of aliphatic hydroxyl groups excluding tert-OH is 1. The van der Waals surface area contributed by atoms with E-state index in [0.717, 1.165) is 5.56 Å². The van der Waals surface area contributed by atoms with Crippen molar-refractivity contribution in [1.29, 1.82) is 0 Å².